The number of hydrazone groups is 1. The molecule has 0 saturated heterocycles. The zero-order valence-electron chi connectivity index (χ0n) is 15.3. The van der Waals surface area contributed by atoms with Crippen LogP contribution in [0.5, 0.6) is 0 Å². The molecule has 8 heteroatoms. The molecule has 140 valence electrons. The maximum Gasteiger partial charge on any atom is 0.205 e. The molecule has 6 nitrogen and oxygen atoms in total. The largest absolute Gasteiger partial charge is 0.360 e. The molecule has 0 amide bonds. The monoisotopic (exact) mass is 408 g/mol. The van der Waals surface area contributed by atoms with Gasteiger partial charge in [-0.15, -0.1) is 10.2 Å². The summed E-state index contributed by atoms with van der Waals surface area (Å²) in [6, 6.07) is 15.3. The maximum atomic E-state index is 5.88. The first-order valence-corrected chi connectivity index (χ1v) is 9.81. The van der Waals surface area contributed by atoms with Gasteiger partial charge < -0.3 is 4.98 Å². The highest BCUT2D eigenvalue weighted by molar-refractivity contribution is 7.19. The Morgan fingerprint density at radius 2 is 1.89 bits per heavy atom. The summed E-state index contributed by atoms with van der Waals surface area (Å²) >= 11 is 7.29. The number of benzene rings is 2. The molecular weight excluding hydrogens is 392 g/mol. The molecule has 2 heterocycles. The molecule has 4 rings (SSSR count). The Labute approximate surface area is 171 Å². The van der Waals surface area contributed by atoms with Crippen molar-refractivity contribution in [2.45, 2.75) is 13.8 Å². The van der Waals surface area contributed by atoms with Crippen LogP contribution >= 0.6 is 22.9 Å². The second-order valence-electron chi connectivity index (χ2n) is 6.14. The minimum atomic E-state index is 0.668. The van der Waals surface area contributed by atoms with Crippen LogP contribution in [0.25, 0.3) is 10.9 Å². The Hall–Kier alpha value is -3.03. The molecule has 2 N–H and O–H groups in total. The maximum absolute atomic E-state index is 5.88. The average Bonchev–Trinajstić information content (AvgIpc) is 3.29. The van der Waals surface area contributed by atoms with Gasteiger partial charge in [0.05, 0.1) is 17.1 Å². The molecule has 0 spiro atoms. The number of hydrogen-bond donors (Lipinski definition) is 2. The number of anilines is 1. The fraction of sp³-hybridized carbons (Fsp3) is 0.100. The van der Waals surface area contributed by atoms with E-state index in [-0.39, 0.29) is 0 Å². The van der Waals surface area contributed by atoms with E-state index < -0.39 is 0 Å². The van der Waals surface area contributed by atoms with Gasteiger partial charge in [0.15, 0.2) is 5.00 Å². The van der Waals surface area contributed by atoms with Crippen molar-refractivity contribution in [2.24, 2.45) is 15.3 Å². The molecule has 0 saturated carbocycles. The number of thiazole rings is 1. The summed E-state index contributed by atoms with van der Waals surface area (Å²) in [5.41, 5.74) is 7.57. The first-order valence-electron chi connectivity index (χ1n) is 8.61. The Morgan fingerprint density at radius 1 is 1.11 bits per heavy atom. The summed E-state index contributed by atoms with van der Waals surface area (Å²) in [4.78, 5) is 7.73. The van der Waals surface area contributed by atoms with Crippen LogP contribution in [0.4, 0.5) is 15.8 Å². The molecule has 0 fully saturated rings. The van der Waals surface area contributed by atoms with Crippen LogP contribution in [0, 0.1) is 6.92 Å². The summed E-state index contributed by atoms with van der Waals surface area (Å²) in [7, 11) is 0. The number of azo groups is 1. The first-order chi connectivity index (χ1) is 13.6. The predicted octanol–water partition coefficient (Wildman–Crippen LogP) is 6.84. The van der Waals surface area contributed by atoms with Crippen LogP contribution in [0.3, 0.4) is 0 Å². The van der Waals surface area contributed by atoms with Gasteiger partial charge in [-0.2, -0.15) is 5.10 Å². The van der Waals surface area contributed by atoms with Crippen LogP contribution < -0.4 is 5.43 Å². The highest BCUT2D eigenvalue weighted by Gasteiger charge is 2.09. The highest BCUT2D eigenvalue weighted by Crippen LogP contribution is 2.32. The number of aryl methyl sites for hydroxylation is 1. The number of rotatable bonds is 5. The topological polar surface area (TPSA) is 77.8 Å². The number of aromatic amines is 1. The molecule has 0 bridgehead atoms. The van der Waals surface area contributed by atoms with E-state index in [9.17, 15) is 0 Å². The van der Waals surface area contributed by atoms with Crippen molar-refractivity contribution in [1.82, 2.24) is 9.97 Å². The van der Waals surface area contributed by atoms with E-state index in [4.69, 9.17) is 11.6 Å². The lowest BCUT2D eigenvalue weighted by Crippen LogP contribution is -1.98. The fourth-order valence-corrected chi connectivity index (χ4v) is 3.56. The highest BCUT2D eigenvalue weighted by atomic mass is 35.5. The van der Waals surface area contributed by atoms with E-state index in [1.807, 2.05) is 50.4 Å². The fourth-order valence-electron chi connectivity index (χ4n) is 2.70. The molecule has 2 aromatic carbocycles. The van der Waals surface area contributed by atoms with Crippen molar-refractivity contribution < 1.29 is 0 Å². The summed E-state index contributed by atoms with van der Waals surface area (Å²) in [5.74, 6) is 0. The van der Waals surface area contributed by atoms with Crippen LogP contribution in [-0.4, -0.2) is 15.7 Å². The van der Waals surface area contributed by atoms with Crippen LogP contribution in [0.2, 0.25) is 5.02 Å². The predicted molar refractivity (Wildman–Crippen MR) is 117 cm³/mol. The lowest BCUT2D eigenvalue weighted by atomic mass is 10.1. The van der Waals surface area contributed by atoms with Crippen molar-refractivity contribution in [3.8, 4) is 0 Å². The summed E-state index contributed by atoms with van der Waals surface area (Å²) in [5, 5.41) is 16.2. The first kappa shape index (κ1) is 18.3. The second-order valence-corrected chi connectivity index (χ2v) is 7.56. The number of halogens is 1. The van der Waals surface area contributed by atoms with E-state index in [2.05, 4.69) is 36.8 Å². The summed E-state index contributed by atoms with van der Waals surface area (Å²) in [6.45, 7) is 3.86. The number of aromatic nitrogens is 2. The molecule has 2 aromatic heterocycles. The molecular formula is C20H17ClN6S. The molecule has 0 aliphatic heterocycles. The van der Waals surface area contributed by atoms with Crippen molar-refractivity contribution in [2.75, 3.05) is 5.43 Å². The molecule has 28 heavy (non-hydrogen) atoms. The Morgan fingerprint density at radius 3 is 2.71 bits per heavy atom. The minimum Gasteiger partial charge on any atom is -0.360 e. The lowest BCUT2D eigenvalue weighted by molar-refractivity contribution is 1.18. The smallest absolute Gasteiger partial charge is 0.205 e. The van der Waals surface area contributed by atoms with Crippen molar-refractivity contribution in [1.29, 1.82) is 0 Å². The SMILES string of the molecule is C/C(=N\Nc1nc(C)c(N=Nc2ccc(Cl)cc2)s1)c1c[nH]c2ccccc12. The normalized spacial score (nSPS) is 12.2. The quantitative estimate of drug-likeness (QED) is 0.215. The minimum absolute atomic E-state index is 0.668. The zero-order valence-corrected chi connectivity index (χ0v) is 16.8. The van der Waals surface area contributed by atoms with Gasteiger partial charge in [-0.25, -0.2) is 4.98 Å². The molecule has 0 unspecified atom stereocenters. The molecule has 0 aliphatic rings. The van der Waals surface area contributed by atoms with Crippen LogP contribution in [0.15, 0.2) is 70.1 Å². The zero-order chi connectivity index (χ0) is 19.5. The third-order valence-corrected chi connectivity index (χ3v) is 5.35. The van der Waals surface area contributed by atoms with Crippen LogP contribution in [-0.2, 0) is 0 Å². The molecule has 0 atom stereocenters. The molecule has 4 aromatic rings. The van der Waals surface area contributed by atoms with E-state index in [1.54, 1.807) is 12.1 Å². The van der Waals surface area contributed by atoms with E-state index in [0.29, 0.717) is 10.2 Å². The van der Waals surface area contributed by atoms with Gasteiger partial charge in [0.25, 0.3) is 0 Å². The number of nitrogens with zero attached hydrogens (tertiary/aromatic N) is 4. The van der Waals surface area contributed by atoms with E-state index >= 15 is 0 Å². The molecule has 0 radical (unpaired) electrons. The van der Waals surface area contributed by atoms with Gasteiger partial charge in [0, 0.05) is 27.7 Å². The van der Waals surface area contributed by atoms with Gasteiger partial charge >= 0.3 is 0 Å². The number of hydrogen-bond acceptors (Lipinski definition) is 6. The second kappa shape index (κ2) is 7.92. The lowest BCUT2D eigenvalue weighted by Gasteiger charge is -1.99. The average molecular weight is 409 g/mol. The van der Waals surface area contributed by atoms with Gasteiger partial charge in [-0.3, -0.25) is 5.43 Å². The standard InChI is InChI=1S/C20H17ClN6S/c1-12(17-11-22-18-6-4-3-5-16(17)18)24-27-20-23-13(2)19(28-20)26-25-15-9-7-14(21)8-10-15/h3-11,22H,1-2H3,(H,23,27)/b24-12+,26-25?. The Balaban J connectivity index is 1.50. The van der Waals surface area contributed by atoms with Crippen molar-refractivity contribution in [3.05, 3.63) is 71.0 Å². The summed E-state index contributed by atoms with van der Waals surface area (Å²) in [6.07, 6.45) is 1.96. The van der Waals surface area contributed by atoms with Gasteiger partial charge in [0.2, 0.25) is 5.13 Å². The number of nitrogens with one attached hydrogen (secondary N) is 2. The summed E-state index contributed by atoms with van der Waals surface area (Å²) < 4.78 is 0. The molecule has 0 aliphatic carbocycles. The van der Waals surface area contributed by atoms with Crippen molar-refractivity contribution >= 4 is 55.4 Å². The Bertz CT molecular complexity index is 1170. The third-order valence-electron chi connectivity index (χ3n) is 4.15. The van der Waals surface area contributed by atoms with Gasteiger partial charge in [-0.1, -0.05) is 41.1 Å². The van der Waals surface area contributed by atoms with E-state index in [1.165, 1.54) is 11.3 Å². The Kier molecular flexibility index (Phi) is 5.18. The van der Waals surface area contributed by atoms with E-state index in [0.717, 1.165) is 38.6 Å². The third kappa shape index (κ3) is 3.95. The number of H-pyrrole nitrogens is 1. The van der Waals surface area contributed by atoms with Gasteiger partial charge in [0.1, 0.15) is 0 Å². The van der Waals surface area contributed by atoms with Gasteiger partial charge in [-0.05, 0) is 44.2 Å². The van der Waals surface area contributed by atoms with Crippen LogP contribution in [0.1, 0.15) is 18.2 Å². The number of para-hydroxylation sites is 1. The van der Waals surface area contributed by atoms with Crippen molar-refractivity contribution in [3.63, 3.8) is 0 Å². The number of fused-ring (bicyclic) bond motifs is 1.